The minimum absolute atomic E-state index is 0.0470. The molecule has 0 unspecified atom stereocenters. The van der Waals surface area contributed by atoms with Gasteiger partial charge in [0.05, 0.1) is 0 Å². The summed E-state index contributed by atoms with van der Waals surface area (Å²) in [5, 5.41) is 2.18. The van der Waals surface area contributed by atoms with Crippen LogP contribution in [-0.4, -0.2) is 8.74 Å². The monoisotopic (exact) mass is 236 g/mol. The summed E-state index contributed by atoms with van der Waals surface area (Å²) in [6.45, 7) is 1.81. The van der Waals surface area contributed by atoms with Gasteiger partial charge in [-0.1, -0.05) is 49.7 Å². The zero-order valence-corrected chi connectivity index (χ0v) is 10.2. The van der Waals surface area contributed by atoms with Crippen molar-refractivity contribution < 1.29 is 8.22 Å². The summed E-state index contributed by atoms with van der Waals surface area (Å²) in [6, 6.07) is 12.7. The van der Waals surface area contributed by atoms with Gasteiger partial charge in [0.25, 0.3) is 0 Å². The van der Waals surface area contributed by atoms with Gasteiger partial charge >= 0.3 is 8.74 Å². The third-order valence-corrected chi connectivity index (χ3v) is 5.02. The van der Waals surface area contributed by atoms with E-state index >= 15 is 0 Å². The Morgan fingerprint density at radius 3 is 2.38 bits per heavy atom. The zero-order chi connectivity index (χ0) is 11.6. The summed E-state index contributed by atoms with van der Waals surface area (Å²) >= 11 is 0. The molecular weight excluding hydrogens is 222 g/mol. The van der Waals surface area contributed by atoms with E-state index in [1.165, 1.54) is 0 Å². The first kappa shape index (κ1) is 11.3. The van der Waals surface area contributed by atoms with Crippen LogP contribution in [0, 0.1) is 0 Å². The van der Waals surface area contributed by atoms with Gasteiger partial charge in [0.15, 0.2) is 0 Å². The molecule has 84 valence electrons. The first-order valence-electron chi connectivity index (χ1n) is 5.50. The number of halogens is 2. The number of hydrogen-bond acceptors (Lipinski definition) is 0. The van der Waals surface area contributed by atoms with Crippen molar-refractivity contribution in [3.05, 3.63) is 42.5 Å². The van der Waals surface area contributed by atoms with Crippen molar-refractivity contribution in [2.24, 2.45) is 0 Å². The average molecular weight is 236 g/mol. The summed E-state index contributed by atoms with van der Waals surface area (Å²) < 4.78 is 27.6. The van der Waals surface area contributed by atoms with Gasteiger partial charge in [0.1, 0.15) is 0 Å². The summed E-state index contributed by atoms with van der Waals surface area (Å²) in [4.78, 5) is 0. The van der Waals surface area contributed by atoms with Crippen LogP contribution in [0.3, 0.4) is 0 Å². The van der Waals surface area contributed by atoms with Crippen LogP contribution in [-0.2, 0) is 0 Å². The lowest BCUT2D eigenvalue weighted by Crippen LogP contribution is -2.38. The van der Waals surface area contributed by atoms with E-state index in [0.717, 1.165) is 10.8 Å². The molecule has 0 heterocycles. The lowest BCUT2D eigenvalue weighted by Gasteiger charge is -2.12. The van der Waals surface area contributed by atoms with E-state index in [1.54, 1.807) is 18.2 Å². The highest BCUT2D eigenvalue weighted by molar-refractivity contribution is 6.80. The second-order valence-electron chi connectivity index (χ2n) is 4.02. The summed E-state index contributed by atoms with van der Waals surface area (Å²) in [5.41, 5.74) is 0. The van der Waals surface area contributed by atoms with Gasteiger partial charge < -0.3 is 0 Å². The number of fused-ring (bicyclic) bond motifs is 1. The van der Waals surface area contributed by atoms with Crippen molar-refractivity contribution in [3.8, 4) is 0 Å². The fourth-order valence-corrected chi connectivity index (χ4v) is 3.49. The molecule has 2 aromatic carbocycles. The van der Waals surface area contributed by atoms with Crippen LogP contribution < -0.4 is 5.19 Å². The molecule has 0 aliphatic carbocycles. The Balaban J connectivity index is 2.46. The largest absolute Gasteiger partial charge is 0.455 e. The minimum atomic E-state index is -4.20. The molecule has 16 heavy (non-hydrogen) atoms. The predicted octanol–water partition coefficient (Wildman–Crippen LogP) is 3.84. The van der Waals surface area contributed by atoms with Crippen molar-refractivity contribution in [3.63, 3.8) is 0 Å². The smallest absolute Gasteiger partial charge is 0.265 e. The van der Waals surface area contributed by atoms with Gasteiger partial charge in [-0.2, -0.15) is 0 Å². The summed E-state index contributed by atoms with van der Waals surface area (Å²) in [7, 11) is -4.20. The Morgan fingerprint density at radius 2 is 1.69 bits per heavy atom. The maximum Gasteiger partial charge on any atom is 0.455 e. The Hall–Kier alpha value is -1.22. The number of hydrogen-bond donors (Lipinski definition) is 0. The highest BCUT2D eigenvalue weighted by atomic mass is 28.4. The molecule has 0 fully saturated rings. The second kappa shape index (κ2) is 4.34. The molecule has 0 atom stereocenters. The maximum absolute atomic E-state index is 13.8. The first-order valence-corrected chi connectivity index (χ1v) is 7.47. The zero-order valence-electron chi connectivity index (χ0n) is 9.21. The van der Waals surface area contributed by atoms with E-state index < -0.39 is 8.74 Å². The molecule has 2 rings (SSSR count). The quantitative estimate of drug-likeness (QED) is 0.561. The highest BCUT2D eigenvalue weighted by Crippen LogP contribution is 2.19. The SMILES string of the molecule is CCC[Si](F)(F)c1ccc2ccccc2c1. The van der Waals surface area contributed by atoms with Crippen LogP contribution in [0.4, 0.5) is 8.22 Å². The van der Waals surface area contributed by atoms with E-state index in [4.69, 9.17) is 0 Å². The maximum atomic E-state index is 13.8. The van der Waals surface area contributed by atoms with E-state index in [2.05, 4.69) is 0 Å². The molecule has 0 saturated heterocycles. The molecule has 0 aromatic heterocycles. The molecular formula is C13H14F2Si. The summed E-state index contributed by atoms with van der Waals surface area (Å²) in [5.74, 6) is 0. The second-order valence-corrected chi connectivity index (χ2v) is 6.50. The van der Waals surface area contributed by atoms with Crippen molar-refractivity contribution in [2.75, 3.05) is 0 Å². The molecule has 3 heteroatoms. The lowest BCUT2D eigenvalue weighted by atomic mass is 10.1. The molecule has 0 nitrogen and oxygen atoms in total. The summed E-state index contributed by atoms with van der Waals surface area (Å²) in [6.07, 6.45) is 0.548. The van der Waals surface area contributed by atoms with Crippen molar-refractivity contribution in [2.45, 2.75) is 19.4 Å². The fraction of sp³-hybridized carbons (Fsp3) is 0.231. The van der Waals surface area contributed by atoms with Crippen molar-refractivity contribution >= 4 is 24.7 Å². The molecule has 2 aromatic rings. The lowest BCUT2D eigenvalue weighted by molar-refractivity contribution is 0.616. The van der Waals surface area contributed by atoms with Crippen LogP contribution in [0.25, 0.3) is 10.8 Å². The predicted molar refractivity (Wildman–Crippen MR) is 66.7 cm³/mol. The van der Waals surface area contributed by atoms with E-state index in [-0.39, 0.29) is 11.2 Å². The Kier molecular flexibility index (Phi) is 3.05. The fourth-order valence-electron chi connectivity index (χ4n) is 1.88. The van der Waals surface area contributed by atoms with Gasteiger partial charge in [-0.25, -0.2) is 0 Å². The van der Waals surface area contributed by atoms with E-state index in [0.29, 0.717) is 6.42 Å². The van der Waals surface area contributed by atoms with Crippen LogP contribution in [0.2, 0.25) is 6.04 Å². The van der Waals surface area contributed by atoms with Gasteiger partial charge in [-0.05, 0) is 16.8 Å². The standard InChI is InChI=1S/C13H14F2Si/c1-2-9-16(14,15)13-8-7-11-5-3-4-6-12(11)10-13/h3-8,10H,2,9H2,1H3. The minimum Gasteiger partial charge on any atom is -0.265 e. The third-order valence-electron chi connectivity index (χ3n) is 2.74. The Morgan fingerprint density at radius 1 is 1.00 bits per heavy atom. The van der Waals surface area contributed by atoms with Crippen LogP contribution in [0.1, 0.15) is 13.3 Å². The topological polar surface area (TPSA) is 0 Å². The highest BCUT2D eigenvalue weighted by Gasteiger charge is 2.36. The molecule has 0 amide bonds. The van der Waals surface area contributed by atoms with Gasteiger partial charge in [-0.15, -0.1) is 0 Å². The van der Waals surface area contributed by atoms with Crippen LogP contribution in [0.15, 0.2) is 42.5 Å². The molecule has 0 N–H and O–H groups in total. The third kappa shape index (κ3) is 2.14. The average Bonchev–Trinajstić information content (AvgIpc) is 2.28. The molecule has 0 radical (unpaired) electrons. The normalized spacial score (nSPS) is 11.9. The van der Waals surface area contributed by atoms with Gasteiger partial charge in [0.2, 0.25) is 0 Å². The Labute approximate surface area is 95.3 Å². The van der Waals surface area contributed by atoms with Gasteiger partial charge in [0, 0.05) is 11.2 Å². The van der Waals surface area contributed by atoms with Crippen molar-refractivity contribution in [1.29, 1.82) is 0 Å². The molecule has 0 spiro atoms. The molecule has 0 saturated carbocycles. The number of rotatable bonds is 3. The molecule has 0 bridgehead atoms. The van der Waals surface area contributed by atoms with Crippen LogP contribution >= 0.6 is 0 Å². The van der Waals surface area contributed by atoms with Crippen LogP contribution in [0.5, 0.6) is 0 Å². The van der Waals surface area contributed by atoms with E-state index in [9.17, 15) is 8.22 Å². The van der Waals surface area contributed by atoms with E-state index in [1.807, 2.05) is 31.2 Å². The Bertz CT molecular complexity index is 494. The first-order chi connectivity index (χ1) is 7.63. The van der Waals surface area contributed by atoms with Crippen molar-refractivity contribution in [1.82, 2.24) is 0 Å². The number of benzene rings is 2. The van der Waals surface area contributed by atoms with Gasteiger partial charge in [-0.3, -0.25) is 8.22 Å². The molecule has 0 aliphatic rings. The molecule has 0 aliphatic heterocycles.